The van der Waals surface area contributed by atoms with Crippen LogP contribution in [0.15, 0.2) is 29.6 Å². The van der Waals surface area contributed by atoms with Crippen LogP contribution in [-0.2, 0) is 6.42 Å². The van der Waals surface area contributed by atoms with Crippen LogP contribution in [0.1, 0.15) is 21.9 Å². The van der Waals surface area contributed by atoms with Crippen LogP contribution in [0, 0.1) is 0 Å². The molecule has 24 heavy (non-hydrogen) atoms. The summed E-state index contributed by atoms with van der Waals surface area (Å²) in [7, 11) is 4.07. The fraction of sp³-hybridized carbons (Fsp3) is 0.412. The summed E-state index contributed by atoms with van der Waals surface area (Å²) in [5, 5.41) is 5.48. The van der Waals surface area contributed by atoms with Gasteiger partial charge in [-0.2, -0.15) is 0 Å². The van der Waals surface area contributed by atoms with Crippen molar-refractivity contribution in [2.24, 2.45) is 5.73 Å². The molecule has 0 saturated heterocycles. The van der Waals surface area contributed by atoms with Gasteiger partial charge < -0.3 is 20.7 Å². The van der Waals surface area contributed by atoms with Crippen LogP contribution in [-0.4, -0.2) is 49.6 Å². The van der Waals surface area contributed by atoms with Gasteiger partial charge in [-0.25, -0.2) is 4.98 Å². The van der Waals surface area contributed by atoms with Gasteiger partial charge in [0.2, 0.25) is 0 Å². The molecule has 1 amide bonds. The summed E-state index contributed by atoms with van der Waals surface area (Å²) in [5.74, 6) is 0.521. The third-order valence-corrected chi connectivity index (χ3v) is 4.16. The van der Waals surface area contributed by atoms with Crippen molar-refractivity contribution in [3.05, 3.63) is 40.3 Å². The minimum Gasteiger partial charge on any atom is -0.493 e. The van der Waals surface area contributed by atoms with E-state index in [2.05, 4.69) is 15.2 Å². The number of benzene rings is 1. The molecule has 0 aliphatic heterocycles. The molecule has 3 N–H and O–H groups in total. The zero-order chi connectivity index (χ0) is 17.4. The number of nitrogens with zero attached hydrogens (tertiary/aromatic N) is 2. The van der Waals surface area contributed by atoms with E-state index >= 15 is 0 Å². The van der Waals surface area contributed by atoms with Gasteiger partial charge in [0.05, 0.1) is 11.6 Å². The molecule has 0 fully saturated rings. The van der Waals surface area contributed by atoms with Crippen molar-refractivity contribution in [2.45, 2.75) is 12.8 Å². The Labute approximate surface area is 146 Å². The number of hydrogen-bond donors (Lipinski definition) is 2. The molecule has 0 atom stereocenters. The highest BCUT2D eigenvalue weighted by atomic mass is 32.1. The molecule has 0 unspecified atom stereocenters. The first-order valence-electron chi connectivity index (χ1n) is 7.92. The van der Waals surface area contributed by atoms with Gasteiger partial charge in [-0.05, 0) is 39.2 Å². The van der Waals surface area contributed by atoms with Gasteiger partial charge in [-0.15, -0.1) is 11.3 Å². The Morgan fingerprint density at radius 2 is 2.25 bits per heavy atom. The van der Waals surface area contributed by atoms with Gasteiger partial charge in [-0.1, -0.05) is 6.07 Å². The second kappa shape index (κ2) is 9.36. The summed E-state index contributed by atoms with van der Waals surface area (Å²) < 4.78 is 5.71. The van der Waals surface area contributed by atoms with Crippen LogP contribution in [0.3, 0.4) is 0 Å². The largest absolute Gasteiger partial charge is 0.493 e. The van der Waals surface area contributed by atoms with Crippen LogP contribution < -0.4 is 15.8 Å². The number of rotatable bonds is 9. The van der Waals surface area contributed by atoms with Gasteiger partial charge in [-0.3, -0.25) is 4.79 Å². The van der Waals surface area contributed by atoms with Crippen LogP contribution in [0.25, 0.3) is 0 Å². The minimum absolute atomic E-state index is 0.223. The lowest BCUT2D eigenvalue weighted by Gasteiger charge is -2.11. The van der Waals surface area contributed by atoms with Gasteiger partial charge in [0.1, 0.15) is 11.4 Å². The number of nitrogens with one attached hydrogen (secondary N) is 1. The van der Waals surface area contributed by atoms with Crippen molar-refractivity contribution in [1.82, 2.24) is 9.88 Å². The lowest BCUT2D eigenvalue weighted by Crippen LogP contribution is -2.15. The number of ether oxygens (including phenoxy) is 1. The van der Waals surface area contributed by atoms with Gasteiger partial charge >= 0.3 is 0 Å². The molecule has 2 rings (SSSR count). The van der Waals surface area contributed by atoms with E-state index < -0.39 is 0 Å². The molecule has 0 radical (unpaired) electrons. The minimum atomic E-state index is -0.223. The zero-order valence-corrected chi connectivity index (χ0v) is 14.9. The number of carbonyl (C=O) groups is 1. The Morgan fingerprint density at radius 3 is 3.00 bits per heavy atom. The second-order valence-electron chi connectivity index (χ2n) is 5.65. The van der Waals surface area contributed by atoms with E-state index in [4.69, 9.17) is 10.5 Å². The fourth-order valence-corrected chi connectivity index (χ4v) is 2.88. The third-order valence-electron chi connectivity index (χ3n) is 3.25. The molecule has 2 aromatic rings. The number of carbonyl (C=O) groups excluding carboxylic acids is 1. The van der Waals surface area contributed by atoms with Gasteiger partial charge in [0, 0.05) is 30.1 Å². The summed E-state index contributed by atoms with van der Waals surface area (Å²) in [6.45, 7) is 2.15. The lowest BCUT2D eigenvalue weighted by molar-refractivity contribution is 0.102. The topological polar surface area (TPSA) is 80.5 Å². The molecule has 0 aliphatic carbocycles. The predicted molar refractivity (Wildman–Crippen MR) is 97.9 cm³/mol. The zero-order valence-electron chi connectivity index (χ0n) is 14.1. The number of anilines is 1. The smallest absolute Gasteiger partial charge is 0.275 e. The molecule has 0 spiro atoms. The van der Waals surface area contributed by atoms with Crippen LogP contribution in [0.4, 0.5) is 5.69 Å². The molecule has 0 bridgehead atoms. The summed E-state index contributed by atoms with van der Waals surface area (Å²) in [6, 6.07) is 7.39. The maximum atomic E-state index is 12.2. The average molecular weight is 348 g/mol. The fourth-order valence-electron chi connectivity index (χ4n) is 2.08. The van der Waals surface area contributed by atoms with Crippen molar-refractivity contribution in [3.63, 3.8) is 0 Å². The number of hydrogen-bond acceptors (Lipinski definition) is 6. The average Bonchev–Trinajstić information content (AvgIpc) is 3.01. The maximum Gasteiger partial charge on any atom is 0.275 e. The second-order valence-corrected chi connectivity index (χ2v) is 6.60. The quantitative estimate of drug-likeness (QED) is 0.679. The van der Waals surface area contributed by atoms with Crippen molar-refractivity contribution in [1.29, 1.82) is 0 Å². The number of aromatic nitrogens is 1. The SMILES string of the molecule is CN(C)CCCOc1cccc(NC(=O)c2csc(CCN)n2)c1. The maximum absolute atomic E-state index is 12.2. The van der Waals surface area contributed by atoms with E-state index in [-0.39, 0.29) is 5.91 Å². The Kier molecular flexibility index (Phi) is 7.17. The highest BCUT2D eigenvalue weighted by Gasteiger charge is 2.11. The Hall–Kier alpha value is -1.96. The molecule has 1 heterocycles. The van der Waals surface area contributed by atoms with Crippen molar-refractivity contribution >= 4 is 22.9 Å². The summed E-state index contributed by atoms with van der Waals surface area (Å²) >= 11 is 1.45. The Morgan fingerprint density at radius 1 is 1.42 bits per heavy atom. The molecule has 0 aliphatic rings. The molecule has 6 nitrogen and oxygen atoms in total. The number of nitrogens with two attached hydrogens (primary N) is 1. The van der Waals surface area contributed by atoms with E-state index in [0.29, 0.717) is 31.0 Å². The first kappa shape index (κ1) is 18.4. The molecule has 7 heteroatoms. The first-order valence-corrected chi connectivity index (χ1v) is 8.80. The number of thiazole rings is 1. The van der Waals surface area contributed by atoms with Crippen LogP contribution in [0.2, 0.25) is 0 Å². The number of amides is 1. The highest BCUT2D eigenvalue weighted by Crippen LogP contribution is 2.19. The Bertz CT molecular complexity index is 658. The molecule has 1 aromatic carbocycles. The summed E-state index contributed by atoms with van der Waals surface area (Å²) in [6.07, 6.45) is 1.64. The van der Waals surface area contributed by atoms with Gasteiger partial charge in [0.25, 0.3) is 5.91 Å². The molecular weight excluding hydrogens is 324 g/mol. The molecule has 1 aromatic heterocycles. The normalized spacial score (nSPS) is 10.8. The van der Waals surface area contributed by atoms with E-state index in [9.17, 15) is 4.79 Å². The Balaban J connectivity index is 1.89. The first-order chi connectivity index (χ1) is 11.6. The van der Waals surface area contributed by atoms with Crippen LogP contribution >= 0.6 is 11.3 Å². The monoisotopic (exact) mass is 348 g/mol. The highest BCUT2D eigenvalue weighted by molar-refractivity contribution is 7.09. The predicted octanol–water partition coefficient (Wildman–Crippen LogP) is 2.23. The standard InChI is InChI=1S/C17H24N4O2S/c1-21(2)9-4-10-23-14-6-3-5-13(11-14)19-17(22)15-12-24-16(20-15)7-8-18/h3,5-6,11-12H,4,7-10,18H2,1-2H3,(H,19,22). The van der Waals surface area contributed by atoms with Crippen molar-refractivity contribution in [2.75, 3.05) is 39.1 Å². The van der Waals surface area contributed by atoms with E-state index in [1.807, 2.05) is 38.4 Å². The summed E-state index contributed by atoms with van der Waals surface area (Å²) in [4.78, 5) is 18.6. The van der Waals surface area contributed by atoms with E-state index in [1.54, 1.807) is 5.38 Å². The lowest BCUT2D eigenvalue weighted by atomic mass is 10.3. The van der Waals surface area contributed by atoms with Crippen molar-refractivity contribution < 1.29 is 9.53 Å². The van der Waals surface area contributed by atoms with Crippen molar-refractivity contribution in [3.8, 4) is 5.75 Å². The molecule has 130 valence electrons. The molecular formula is C17H24N4O2S. The molecule has 0 saturated carbocycles. The summed E-state index contributed by atoms with van der Waals surface area (Å²) in [5.41, 5.74) is 6.61. The van der Waals surface area contributed by atoms with E-state index in [0.717, 1.165) is 23.7 Å². The third kappa shape index (κ3) is 5.92. The van der Waals surface area contributed by atoms with Gasteiger partial charge in [0.15, 0.2) is 0 Å². The van der Waals surface area contributed by atoms with Crippen LogP contribution in [0.5, 0.6) is 5.75 Å². The van der Waals surface area contributed by atoms with E-state index in [1.165, 1.54) is 11.3 Å².